The molecule has 41 heavy (non-hydrogen) atoms. The lowest BCUT2D eigenvalue weighted by Crippen LogP contribution is -2.54. The average molecular weight is 581 g/mol. The van der Waals surface area contributed by atoms with Gasteiger partial charge in [0.1, 0.15) is 16.8 Å². The van der Waals surface area contributed by atoms with Crippen molar-refractivity contribution in [3.8, 4) is 0 Å². The normalized spacial score (nSPS) is 11.9. The molecule has 0 fully saturated rings. The lowest BCUT2D eigenvalue weighted by atomic mass is 10.2. The van der Waals surface area contributed by atoms with Crippen LogP contribution < -0.4 is 10.6 Å². The summed E-state index contributed by atoms with van der Waals surface area (Å²) < 4.78 is 16.3. The summed E-state index contributed by atoms with van der Waals surface area (Å²) in [6, 6.07) is 8.42. The van der Waals surface area contributed by atoms with Gasteiger partial charge in [-0.05, 0) is 74.3 Å². The first-order valence-electron chi connectivity index (χ1n) is 13.7. The van der Waals surface area contributed by atoms with E-state index in [1.54, 1.807) is 62.3 Å². The number of alkyl carbamates (subject to hydrolysis) is 2. The van der Waals surface area contributed by atoms with Gasteiger partial charge in [0, 0.05) is 32.7 Å². The van der Waals surface area contributed by atoms with Crippen molar-refractivity contribution in [1.82, 2.24) is 20.4 Å². The van der Waals surface area contributed by atoms with Gasteiger partial charge in [-0.25, -0.2) is 19.2 Å². The molecular formula is C29H48N4O8. The van der Waals surface area contributed by atoms with Gasteiger partial charge in [0.05, 0.1) is 6.04 Å². The number of carboxylic acid groups (broad SMARTS) is 1. The Labute approximate surface area is 243 Å². The predicted molar refractivity (Wildman–Crippen MR) is 155 cm³/mol. The number of amides is 4. The molecule has 0 aliphatic carbocycles. The number of rotatable bonds is 11. The first-order valence-corrected chi connectivity index (χ1v) is 13.7. The first kappa shape index (κ1) is 35.3. The number of carbonyl (C=O) groups is 4. The van der Waals surface area contributed by atoms with Gasteiger partial charge in [-0.3, -0.25) is 0 Å². The summed E-state index contributed by atoms with van der Waals surface area (Å²) in [5.41, 5.74) is -1.46. The maximum Gasteiger partial charge on any atom is 0.410 e. The topological polar surface area (TPSA) is 147 Å². The van der Waals surface area contributed by atoms with Crippen molar-refractivity contribution < 1.29 is 38.5 Å². The Bertz CT molecular complexity index is 965. The Morgan fingerprint density at radius 2 is 1.22 bits per heavy atom. The molecule has 232 valence electrons. The summed E-state index contributed by atoms with van der Waals surface area (Å²) in [6.45, 7) is 15.8. The van der Waals surface area contributed by atoms with E-state index in [1.165, 1.54) is 9.80 Å². The zero-order chi connectivity index (χ0) is 31.4. The van der Waals surface area contributed by atoms with E-state index in [1.807, 2.05) is 30.3 Å². The van der Waals surface area contributed by atoms with Gasteiger partial charge in [0.2, 0.25) is 0 Å². The zero-order valence-corrected chi connectivity index (χ0v) is 25.9. The lowest BCUT2D eigenvalue weighted by Gasteiger charge is -2.34. The number of nitrogens with zero attached hydrogens (tertiary/aromatic N) is 2. The van der Waals surface area contributed by atoms with Crippen LogP contribution in [-0.4, -0.2) is 88.3 Å². The molecule has 1 aromatic carbocycles. The van der Waals surface area contributed by atoms with Crippen LogP contribution in [0, 0.1) is 0 Å². The SMILES string of the molecule is CC(C)(C)OC(=O)NCC(CNC(=O)OC(C)(C)C)N(CCCN(Cc1ccccc1)C(=O)O)C(=O)OC(C)(C)C. The van der Waals surface area contributed by atoms with Gasteiger partial charge in [-0.2, -0.15) is 0 Å². The van der Waals surface area contributed by atoms with Crippen molar-refractivity contribution in [2.45, 2.75) is 98.1 Å². The number of benzene rings is 1. The molecule has 0 saturated carbocycles. The molecule has 0 heterocycles. The summed E-state index contributed by atoms with van der Waals surface area (Å²) >= 11 is 0. The molecule has 0 aliphatic rings. The van der Waals surface area contributed by atoms with Crippen molar-refractivity contribution in [2.75, 3.05) is 26.2 Å². The zero-order valence-electron chi connectivity index (χ0n) is 25.9. The van der Waals surface area contributed by atoms with Gasteiger partial charge in [0.25, 0.3) is 0 Å². The molecule has 4 amide bonds. The van der Waals surface area contributed by atoms with Crippen LogP contribution in [0.3, 0.4) is 0 Å². The van der Waals surface area contributed by atoms with Crippen molar-refractivity contribution in [3.63, 3.8) is 0 Å². The highest BCUT2D eigenvalue weighted by Crippen LogP contribution is 2.15. The Balaban J connectivity index is 3.14. The molecule has 12 heteroatoms. The molecular weight excluding hydrogens is 532 g/mol. The molecule has 1 aromatic rings. The van der Waals surface area contributed by atoms with Crippen LogP contribution in [0.15, 0.2) is 30.3 Å². The third kappa shape index (κ3) is 16.2. The molecule has 12 nitrogen and oxygen atoms in total. The molecule has 1 rings (SSSR count). The van der Waals surface area contributed by atoms with Crippen LogP contribution in [0.25, 0.3) is 0 Å². The van der Waals surface area contributed by atoms with Crippen molar-refractivity contribution >= 4 is 24.4 Å². The maximum atomic E-state index is 13.3. The molecule has 0 aromatic heterocycles. The van der Waals surface area contributed by atoms with E-state index < -0.39 is 47.2 Å². The van der Waals surface area contributed by atoms with E-state index in [4.69, 9.17) is 14.2 Å². The Morgan fingerprint density at radius 1 is 0.756 bits per heavy atom. The minimum absolute atomic E-state index is 0.0728. The van der Waals surface area contributed by atoms with Crippen LogP contribution in [0.4, 0.5) is 19.2 Å². The van der Waals surface area contributed by atoms with Crippen LogP contribution >= 0.6 is 0 Å². The van der Waals surface area contributed by atoms with E-state index >= 15 is 0 Å². The van der Waals surface area contributed by atoms with Crippen LogP contribution in [0.1, 0.15) is 74.3 Å². The fourth-order valence-electron chi connectivity index (χ4n) is 3.54. The summed E-state index contributed by atoms with van der Waals surface area (Å²) in [5, 5.41) is 15.0. The number of hydrogen-bond donors (Lipinski definition) is 3. The molecule has 0 spiro atoms. The van der Waals surface area contributed by atoms with E-state index in [9.17, 15) is 24.3 Å². The summed E-state index contributed by atoms with van der Waals surface area (Å²) in [7, 11) is 0. The molecule has 0 bridgehead atoms. The minimum atomic E-state index is -1.09. The van der Waals surface area contributed by atoms with Crippen LogP contribution in [0.2, 0.25) is 0 Å². The van der Waals surface area contributed by atoms with Crippen molar-refractivity contribution in [3.05, 3.63) is 35.9 Å². The van der Waals surface area contributed by atoms with E-state index in [0.717, 1.165) is 5.56 Å². The Hall–Kier alpha value is -3.70. The molecule has 0 atom stereocenters. The largest absolute Gasteiger partial charge is 0.465 e. The third-order valence-electron chi connectivity index (χ3n) is 5.14. The van der Waals surface area contributed by atoms with E-state index in [0.29, 0.717) is 0 Å². The second-order valence-corrected chi connectivity index (χ2v) is 12.6. The number of ether oxygens (including phenoxy) is 3. The van der Waals surface area contributed by atoms with Crippen molar-refractivity contribution in [1.29, 1.82) is 0 Å². The molecule has 0 unspecified atom stereocenters. The first-order chi connectivity index (χ1) is 18.8. The monoisotopic (exact) mass is 580 g/mol. The number of nitrogens with one attached hydrogen (secondary N) is 2. The summed E-state index contributed by atoms with van der Waals surface area (Å²) in [4.78, 5) is 52.7. The highest BCUT2D eigenvalue weighted by Gasteiger charge is 2.30. The van der Waals surface area contributed by atoms with E-state index in [2.05, 4.69) is 10.6 Å². The molecule has 0 radical (unpaired) electrons. The number of hydrogen-bond acceptors (Lipinski definition) is 7. The van der Waals surface area contributed by atoms with Gasteiger partial charge in [0.15, 0.2) is 0 Å². The maximum absolute atomic E-state index is 13.3. The quantitative estimate of drug-likeness (QED) is 0.302. The highest BCUT2D eigenvalue weighted by atomic mass is 16.6. The molecule has 3 N–H and O–H groups in total. The third-order valence-corrected chi connectivity index (χ3v) is 5.14. The summed E-state index contributed by atoms with van der Waals surface area (Å²) in [5.74, 6) is 0. The number of carbonyl (C=O) groups excluding carboxylic acids is 3. The second kappa shape index (κ2) is 15.3. The fraction of sp³-hybridized carbons (Fsp3) is 0.655. The summed E-state index contributed by atoms with van der Waals surface area (Å²) in [6.07, 6.45) is -2.88. The fourth-order valence-corrected chi connectivity index (χ4v) is 3.54. The average Bonchev–Trinajstić information content (AvgIpc) is 2.78. The van der Waals surface area contributed by atoms with Gasteiger partial charge >= 0.3 is 24.4 Å². The van der Waals surface area contributed by atoms with Gasteiger partial charge in [-0.15, -0.1) is 0 Å². The van der Waals surface area contributed by atoms with E-state index in [-0.39, 0.29) is 39.1 Å². The minimum Gasteiger partial charge on any atom is -0.465 e. The van der Waals surface area contributed by atoms with Crippen LogP contribution in [-0.2, 0) is 20.8 Å². The Kier molecular flexibility index (Phi) is 13.2. The van der Waals surface area contributed by atoms with Gasteiger partial charge in [-0.1, -0.05) is 30.3 Å². The standard InChI is InChI=1S/C29H48N4O8/c1-27(2,3)39-23(34)30-18-22(19-31-24(35)40-28(4,5)6)33(26(38)41-29(7,8)9)17-13-16-32(25(36)37)20-21-14-11-10-12-15-21/h10-12,14-15,22H,13,16-20H2,1-9H3,(H,30,34)(H,31,35)(H,36,37). The predicted octanol–water partition coefficient (Wildman–Crippen LogP) is 5.21. The van der Waals surface area contributed by atoms with Crippen LogP contribution in [0.5, 0.6) is 0 Å². The second-order valence-electron chi connectivity index (χ2n) is 12.6. The van der Waals surface area contributed by atoms with Gasteiger partial charge < -0.3 is 39.8 Å². The Morgan fingerprint density at radius 3 is 1.63 bits per heavy atom. The van der Waals surface area contributed by atoms with Crippen molar-refractivity contribution in [2.24, 2.45) is 0 Å². The molecule has 0 saturated heterocycles. The molecule has 0 aliphatic heterocycles. The smallest absolute Gasteiger partial charge is 0.410 e. The lowest BCUT2D eigenvalue weighted by molar-refractivity contribution is 0.0124. The highest BCUT2D eigenvalue weighted by molar-refractivity contribution is 5.71.